The normalized spacial score (nSPS) is 33.2. The number of aliphatic hydroxyl groups is 1. The summed E-state index contributed by atoms with van der Waals surface area (Å²) < 4.78 is 0. The molecule has 1 aliphatic rings. The maximum absolute atomic E-state index is 9.66. The van der Waals surface area contributed by atoms with Crippen molar-refractivity contribution in [3.8, 4) is 0 Å². The van der Waals surface area contributed by atoms with E-state index in [1.807, 2.05) is 0 Å². The molecule has 1 fully saturated rings. The van der Waals surface area contributed by atoms with E-state index in [-0.39, 0.29) is 6.10 Å². The van der Waals surface area contributed by atoms with Crippen molar-refractivity contribution in [3.63, 3.8) is 0 Å². The molecule has 0 saturated carbocycles. The summed E-state index contributed by atoms with van der Waals surface area (Å²) >= 11 is 5.75. The minimum absolute atomic E-state index is 0.142. The molecule has 0 radical (unpaired) electrons. The number of piperidine rings is 1. The average Bonchev–Trinajstić information content (AvgIpc) is 2.11. The Morgan fingerprint density at radius 1 is 1.62 bits per heavy atom. The van der Waals surface area contributed by atoms with Gasteiger partial charge < -0.3 is 10.0 Å². The number of likely N-dealkylation sites (tertiary alicyclic amines) is 1. The van der Waals surface area contributed by atoms with Crippen LogP contribution in [0.4, 0.5) is 0 Å². The van der Waals surface area contributed by atoms with Crippen LogP contribution in [0.25, 0.3) is 0 Å². The van der Waals surface area contributed by atoms with Gasteiger partial charge in [-0.25, -0.2) is 0 Å². The van der Waals surface area contributed by atoms with Crippen molar-refractivity contribution in [2.45, 2.75) is 26.4 Å². The molecule has 3 unspecified atom stereocenters. The Morgan fingerprint density at radius 2 is 2.31 bits per heavy atom. The first-order chi connectivity index (χ1) is 6.13. The molecule has 0 aromatic rings. The third-order valence-corrected chi connectivity index (χ3v) is 3.36. The summed E-state index contributed by atoms with van der Waals surface area (Å²) in [5.74, 6) is 1.70. The lowest BCUT2D eigenvalue weighted by atomic mass is 9.95. The smallest absolute Gasteiger partial charge is 0.0693 e. The standard InChI is InChI=1S/C10H20ClNO/c1-8(5-11)6-12-4-3-9(2)10(13)7-12/h8-10,13H,3-7H2,1-2H3. The van der Waals surface area contributed by atoms with Crippen LogP contribution in [0.1, 0.15) is 20.3 Å². The highest BCUT2D eigenvalue weighted by molar-refractivity contribution is 6.18. The van der Waals surface area contributed by atoms with Crippen molar-refractivity contribution in [3.05, 3.63) is 0 Å². The van der Waals surface area contributed by atoms with Crippen LogP contribution in [0.15, 0.2) is 0 Å². The molecule has 0 aromatic carbocycles. The zero-order valence-electron chi connectivity index (χ0n) is 8.54. The molecule has 0 bridgehead atoms. The Kier molecular flexibility index (Phi) is 4.50. The SMILES string of the molecule is CC(CCl)CN1CCC(C)C(O)C1. The van der Waals surface area contributed by atoms with Crippen LogP contribution in [-0.2, 0) is 0 Å². The van der Waals surface area contributed by atoms with Crippen molar-refractivity contribution in [1.82, 2.24) is 4.90 Å². The molecule has 1 heterocycles. The van der Waals surface area contributed by atoms with E-state index in [4.69, 9.17) is 11.6 Å². The molecule has 0 amide bonds. The quantitative estimate of drug-likeness (QED) is 0.708. The fourth-order valence-corrected chi connectivity index (χ4v) is 1.87. The molecule has 1 N–H and O–H groups in total. The number of β-amino-alcohol motifs (C(OH)–C–C–N with tert-alkyl or cyclic N) is 1. The largest absolute Gasteiger partial charge is 0.392 e. The van der Waals surface area contributed by atoms with E-state index in [2.05, 4.69) is 18.7 Å². The Labute approximate surface area is 85.9 Å². The van der Waals surface area contributed by atoms with Crippen LogP contribution in [0.5, 0.6) is 0 Å². The van der Waals surface area contributed by atoms with E-state index in [0.29, 0.717) is 17.7 Å². The molecular weight excluding hydrogens is 186 g/mol. The van der Waals surface area contributed by atoms with Gasteiger partial charge in [0.25, 0.3) is 0 Å². The number of hydrogen-bond acceptors (Lipinski definition) is 2. The molecule has 3 heteroatoms. The van der Waals surface area contributed by atoms with Crippen LogP contribution in [-0.4, -0.2) is 41.6 Å². The van der Waals surface area contributed by atoms with Crippen molar-refractivity contribution in [2.75, 3.05) is 25.5 Å². The van der Waals surface area contributed by atoms with Crippen molar-refractivity contribution < 1.29 is 5.11 Å². The van der Waals surface area contributed by atoms with Crippen molar-refractivity contribution in [2.24, 2.45) is 11.8 Å². The molecule has 0 aliphatic carbocycles. The first-order valence-corrected chi connectivity index (χ1v) is 5.63. The van der Waals surface area contributed by atoms with E-state index < -0.39 is 0 Å². The van der Waals surface area contributed by atoms with E-state index in [1.165, 1.54) is 0 Å². The molecule has 2 nitrogen and oxygen atoms in total. The van der Waals surface area contributed by atoms with Gasteiger partial charge in [-0.3, -0.25) is 0 Å². The lowest BCUT2D eigenvalue weighted by Crippen LogP contribution is -2.44. The molecule has 1 rings (SSSR count). The summed E-state index contributed by atoms with van der Waals surface area (Å²) in [4.78, 5) is 2.32. The Hall–Kier alpha value is 0.210. The minimum atomic E-state index is -0.142. The number of alkyl halides is 1. The Bertz CT molecular complexity index is 152. The van der Waals surface area contributed by atoms with Gasteiger partial charge in [0.15, 0.2) is 0 Å². The molecule has 1 aliphatic heterocycles. The fraction of sp³-hybridized carbons (Fsp3) is 1.00. The van der Waals surface area contributed by atoms with Gasteiger partial charge in [-0.1, -0.05) is 13.8 Å². The second-order valence-corrected chi connectivity index (χ2v) is 4.66. The number of aliphatic hydroxyl groups excluding tert-OH is 1. The number of halogens is 1. The second kappa shape index (κ2) is 5.18. The highest BCUT2D eigenvalue weighted by atomic mass is 35.5. The predicted molar refractivity (Wildman–Crippen MR) is 56.1 cm³/mol. The summed E-state index contributed by atoms with van der Waals surface area (Å²) in [7, 11) is 0. The van der Waals surface area contributed by atoms with Gasteiger partial charge in [0.1, 0.15) is 0 Å². The van der Waals surface area contributed by atoms with Crippen LogP contribution in [0.3, 0.4) is 0 Å². The molecule has 3 atom stereocenters. The molecule has 1 saturated heterocycles. The van der Waals surface area contributed by atoms with Crippen LogP contribution >= 0.6 is 11.6 Å². The maximum atomic E-state index is 9.66. The monoisotopic (exact) mass is 205 g/mol. The third-order valence-electron chi connectivity index (χ3n) is 2.84. The fourth-order valence-electron chi connectivity index (χ4n) is 1.77. The summed E-state index contributed by atoms with van der Waals surface area (Å²) in [6.45, 7) is 7.22. The topological polar surface area (TPSA) is 23.5 Å². The van der Waals surface area contributed by atoms with Crippen molar-refractivity contribution in [1.29, 1.82) is 0 Å². The first kappa shape index (κ1) is 11.3. The molecule has 0 aromatic heterocycles. The predicted octanol–water partition coefficient (Wildman–Crippen LogP) is 1.56. The van der Waals surface area contributed by atoms with Crippen LogP contribution in [0, 0.1) is 11.8 Å². The highest BCUT2D eigenvalue weighted by Gasteiger charge is 2.24. The van der Waals surface area contributed by atoms with E-state index >= 15 is 0 Å². The highest BCUT2D eigenvalue weighted by Crippen LogP contribution is 2.17. The number of hydrogen-bond donors (Lipinski definition) is 1. The van der Waals surface area contributed by atoms with E-state index in [1.54, 1.807) is 0 Å². The van der Waals surface area contributed by atoms with Gasteiger partial charge in [0, 0.05) is 19.0 Å². The molecule has 13 heavy (non-hydrogen) atoms. The lowest BCUT2D eigenvalue weighted by Gasteiger charge is -2.35. The van der Waals surface area contributed by atoms with Gasteiger partial charge in [-0.15, -0.1) is 11.6 Å². The summed E-state index contributed by atoms with van der Waals surface area (Å²) in [6, 6.07) is 0. The van der Waals surface area contributed by atoms with Gasteiger partial charge in [0.2, 0.25) is 0 Å². The van der Waals surface area contributed by atoms with Gasteiger partial charge in [0.05, 0.1) is 6.10 Å². The molecular formula is C10H20ClNO. The zero-order valence-corrected chi connectivity index (χ0v) is 9.30. The van der Waals surface area contributed by atoms with Gasteiger partial charge in [-0.05, 0) is 24.8 Å². The number of nitrogens with zero attached hydrogens (tertiary/aromatic N) is 1. The van der Waals surface area contributed by atoms with Gasteiger partial charge in [-0.2, -0.15) is 0 Å². The summed E-state index contributed by atoms with van der Waals surface area (Å²) in [5.41, 5.74) is 0. The lowest BCUT2D eigenvalue weighted by molar-refractivity contribution is 0.0250. The van der Waals surface area contributed by atoms with Gasteiger partial charge >= 0.3 is 0 Å². The molecule has 78 valence electrons. The Morgan fingerprint density at radius 3 is 2.85 bits per heavy atom. The number of rotatable bonds is 3. The second-order valence-electron chi connectivity index (χ2n) is 4.35. The van der Waals surface area contributed by atoms with Crippen molar-refractivity contribution >= 4 is 11.6 Å². The third kappa shape index (κ3) is 3.45. The maximum Gasteiger partial charge on any atom is 0.0693 e. The average molecular weight is 206 g/mol. The molecule has 0 spiro atoms. The Balaban J connectivity index is 2.29. The van der Waals surface area contributed by atoms with Crippen LogP contribution < -0.4 is 0 Å². The zero-order chi connectivity index (χ0) is 9.84. The minimum Gasteiger partial charge on any atom is -0.392 e. The summed E-state index contributed by atoms with van der Waals surface area (Å²) in [6.07, 6.45) is 0.965. The van der Waals surface area contributed by atoms with E-state index in [0.717, 1.165) is 26.1 Å². The van der Waals surface area contributed by atoms with Crippen LogP contribution in [0.2, 0.25) is 0 Å². The summed E-state index contributed by atoms with van der Waals surface area (Å²) in [5, 5.41) is 9.66. The first-order valence-electron chi connectivity index (χ1n) is 5.10. The van der Waals surface area contributed by atoms with E-state index in [9.17, 15) is 5.11 Å².